The Balaban J connectivity index is 2.05. The van der Waals surface area contributed by atoms with Crippen molar-refractivity contribution in [1.82, 2.24) is 4.98 Å². The first-order valence-electron chi connectivity index (χ1n) is 6.09. The van der Waals surface area contributed by atoms with Crippen LogP contribution < -0.4 is 5.73 Å². The molecule has 0 aliphatic rings. The van der Waals surface area contributed by atoms with Gasteiger partial charge in [0.05, 0.1) is 10.5 Å². The highest BCUT2D eigenvalue weighted by atomic mass is 16.6. The van der Waals surface area contributed by atoms with Crippen LogP contribution in [0.2, 0.25) is 0 Å². The van der Waals surface area contributed by atoms with Gasteiger partial charge in [0.1, 0.15) is 0 Å². The maximum atomic E-state index is 10.9. The number of rotatable bonds is 5. The second kappa shape index (κ2) is 5.95. The number of nitro benzene ring substituents is 1. The van der Waals surface area contributed by atoms with Crippen LogP contribution in [-0.4, -0.2) is 9.91 Å². The van der Waals surface area contributed by atoms with Gasteiger partial charge in [-0.25, -0.2) is 0 Å². The lowest BCUT2D eigenvalue weighted by Gasteiger charge is -2.06. The predicted octanol–water partition coefficient (Wildman–Crippen LogP) is 2.75. The Kier molecular flexibility index (Phi) is 4.07. The number of pyridine rings is 1. The molecule has 0 atom stereocenters. The molecule has 98 valence electrons. The molecule has 0 bridgehead atoms. The molecule has 2 aromatic rings. The Bertz CT molecular complexity index is 570. The molecule has 0 saturated carbocycles. The smallest absolute Gasteiger partial charge is 0.274 e. The molecule has 0 amide bonds. The molecule has 2 N–H and O–H groups in total. The minimum Gasteiger partial charge on any atom is -0.398 e. The van der Waals surface area contributed by atoms with E-state index in [1.54, 1.807) is 18.3 Å². The first kappa shape index (κ1) is 13.0. The van der Waals surface area contributed by atoms with E-state index in [9.17, 15) is 10.1 Å². The van der Waals surface area contributed by atoms with Gasteiger partial charge in [0, 0.05) is 24.1 Å². The van der Waals surface area contributed by atoms with E-state index in [1.807, 2.05) is 18.3 Å². The fourth-order valence-corrected chi connectivity index (χ4v) is 2.05. The van der Waals surface area contributed by atoms with E-state index in [2.05, 4.69) is 4.98 Å². The number of nitrogens with two attached hydrogens (primary N) is 1. The third-order valence-corrected chi connectivity index (χ3v) is 3.00. The molecule has 5 heteroatoms. The van der Waals surface area contributed by atoms with Crippen molar-refractivity contribution in [1.29, 1.82) is 0 Å². The zero-order valence-electron chi connectivity index (χ0n) is 10.5. The van der Waals surface area contributed by atoms with E-state index in [0.717, 1.165) is 18.4 Å². The Hall–Kier alpha value is -2.43. The standard InChI is InChI=1S/C14H15N3O2/c15-13-7-2-8-14(17(18)19)12(13)6-1-4-11-5-3-9-16-10-11/h2-3,5,7-10H,1,4,6,15H2. The highest BCUT2D eigenvalue weighted by Gasteiger charge is 2.15. The minimum atomic E-state index is -0.379. The highest BCUT2D eigenvalue weighted by Crippen LogP contribution is 2.25. The summed E-state index contributed by atoms with van der Waals surface area (Å²) in [6.07, 6.45) is 5.77. The van der Waals surface area contributed by atoms with Crippen LogP contribution >= 0.6 is 0 Å². The lowest BCUT2D eigenvalue weighted by Crippen LogP contribution is -2.01. The molecule has 0 saturated heterocycles. The molecule has 5 nitrogen and oxygen atoms in total. The summed E-state index contributed by atoms with van der Waals surface area (Å²) in [6, 6.07) is 8.69. The fourth-order valence-electron chi connectivity index (χ4n) is 2.05. The van der Waals surface area contributed by atoms with Gasteiger partial charge in [0.15, 0.2) is 0 Å². The second-order valence-corrected chi connectivity index (χ2v) is 4.32. The van der Waals surface area contributed by atoms with Gasteiger partial charge in [-0.3, -0.25) is 15.1 Å². The minimum absolute atomic E-state index is 0.103. The molecule has 0 spiro atoms. The van der Waals surface area contributed by atoms with Crippen LogP contribution in [0.15, 0.2) is 42.7 Å². The van der Waals surface area contributed by atoms with Gasteiger partial charge >= 0.3 is 0 Å². The van der Waals surface area contributed by atoms with Gasteiger partial charge in [-0.1, -0.05) is 12.1 Å². The quantitative estimate of drug-likeness (QED) is 0.507. The third kappa shape index (κ3) is 3.28. The number of benzene rings is 1. The van der Waals surface area contributed by atoms with Gasteiger partial charge in [0.25, 0.3) is 5.69 Å². The van der Waals surface area contributed by atoms with Crippen LogP contribution in [0, 0.1) is 10.1 Å². The van der Waals surface area contributed by atoms with Crippen LogP contribution in [0.1, 0.15) is 17.5 Å². The van der Waals surface area contributed by atoms with Gasteiger partial charge < -0.3 is 5.73 Å². The molecule has 19 heavy (non-hydrogen) atoms. The third-order valence-electron chi connectivity index (χ3n) is 3.00. The Labute approximate surface area is 111 Å². The molecule has 1 aromatic heterocycles. The largest absolute Gasteiger partial charge is 0.398 e. The average Bonchev–Trinajstić information content (AvgIpc) is 2.41. The summed E-state index contributed by atoms with van der Waals surface area (Å²) in [5.74, 6) is 0. The van der Waals surface area contributed by atoms with Crippen LogP contribution in [0.3, 0.4) is 0 Å². The van der Waals surface area contributed by atoms with Crippen molar-refractivity contribution in [2.24, 2.45) is 0 Å². The molecule has 0 aliphatic carbocycles. The van der Waals surface area contributed by atoms with E-state index in [-0.39, 0.29) is 10.6 Å². The lowest BCUT2D eigenvalue weighted by molar-refractivity contribution is -0.385. The van der Waals surface area contributed by atoms with Crippen molar-refractivity contribution < 1.29 is 4.92 Å². The first-order chi connectivity index (χ1) is 9.18. The molecule has 2 rings (SSSR count). The zero-order valence-corrected chi connectivity index (χ0v) is 10.5. The molecule has 1 aromatic carbocycles. The number of hydrogen-bond acceptors (Lipinski definition) is 4. The van der Waals surface area contributed by atoms with E-state index >= 15 is 0 Å². The zero-order chi connectivity index (χ0) is 13.7. The molecular formula is C14H15N3O2. The van der Waals surface area contributed by atoms with E-state index < -0.39 is 0 Å². The number of aryl methyl sites for hydroxylation is 1. The summed E-state index contributed by atoms with van der Waals surface area (Å²) in [7, 11) is 0. The Morgan fingerprint density at radius 2 is 2.05 bits per heavy atom. The number of nitrogens with zero attached hydrogens (tertiary/aromatic N) is 2. The number of nitrogen functional groups attached to an aromatic ring is 1. The molecule has 0 fully saturated rings. The molecule has 0 radical (unpaired) electrons. The SMILES string of the molecule is Nc1cccc([N+](=O)[O-])c1CCCc1cccnc1. The second-order valence-electron chi connectivity index (χ2n) is 4.32. The van der Waals surface area contributed by atoms with E-state index in [4.69, 9.17) is 5.73 Å². The van der Waals surface area contributed by atoms with Crippen molar-refractivity contribution in [2.75, 3.05) is 5.73 Å². The molecular weight excluding hydrogens is 242 g/mol. The lowest BCUT2D eigenvalue weighted by atomic mass is 10.0. The van der Waals surface area contributed by atoms with Crippen LogP contribution in [0.5, 0.6) is 0 Å². The summed E-state index contributed by atoms with van der Waals surface area (Å²) < 4.78 is 0. The summed E-state index contributed by atoms with van der Waals surface area (Å²) in [5.41, 5.74) is 8.16. The van der Waals surface area contributed by atoms with Crippen molar-refractivity contribution in [3.05, 3.63) is 64.0 Å². The number of hydrogen-bond donors (Lipinski definition) is 1. The summed E-state index contributed by atoms with van der Waals surface area (Å²) in [6.45, 7) is 0. The maximum Gasteiger partial charge on any atom is 0.274 e. The number of nitro groups is 1. The summed E-state index contributed by atoms with van der Waals surface area (Å²) in [4.78, 5) is 14.6. The van der Waals surface area contributed by atoms with Gasteiger partial charge in [-0.05, 0) is 37.0 Å². The fraction of sp³-hybridized carbons (Fsp3) is 0.214. The molecule has 0 unspecified atom stereocenters. The van der Waals surface area contributed by atoms with Crippen LogP contribution in [0.4, 0.5) is 11.4 Å². The summed E-state index contributed by atoms with van der Waals surface area (Å²) in [5, 5.41) is 10.9. The van der Waals surface area contributed by atoms with Crippen LogP contribution in [-0.2, 0) is 12.8 Å². The van der Waals surface area contributed by atoms with Gasteiger partial charge in [-0.15, -0.1) is 0 Å². The van der Waals surface area contributed by atoms with Crippen molar-refractivity contribution >= 4 is 11.4 Å². The number of aromatic nitrogens is 1. The predicted molar refractivity (Wildman–Crippen MR) is 73.8 cm³/mol. The average molecular weight is 257 g/mol. The van der Waals surface area contributed by atoms with Crippen LogP contribution in [0.25, 0.3) is 0 Å². The van der Waals surface area contributed by atoms with E-state index in [1.165, 1.54) is 6.07 Å². The van der Waals surface area contributed by atoms with E-state index in [0.29, 0.717) is 17.7 Å². The van der Waals surface area contributed by atoms with Crippen molar-refractivity contribution in [2.45, 2.75) is 19.3 Å². The maximum absolute atomic E-state index is 10.9. The Morgan fingerprint density at radius 3 is 2.74 bits per heavy atom. The van der Waals surface area contributed by atoms with Gasteiger partial charge in [0.2, 0.25) is 0 Å². The molecule has 1 heterocycles. The highest BCUT2D eigenvalue weighted by molar-refractivity contribution is 5.57. The normalized spacial score (nSPS) is 10.3. The monoisotopic (exact) mass is 257 g/mol. The summed E-state index contributed by atoms with van der Waals surface area (Å²) >= 11 is 0. The van der Waals surface area contributed by atoms with Gasteiger partial charge in [-0.2, -0.15) is 0 Å². The first-order valence-corrected chi connectivity index (χ1v) is 6.09. The van der Waals surface area contributed by atoms with Crippen molar-refractivity contribution in [3.8, 4) is 0 Å². The van der Waals surface area contributed by atoms with Crippen molar-refractivity contribution in [3.63, 3.8) is 0 Å². The Morgan fingerprint density at radius 1 is 1.21 bits per heavy atom. The molecule has 0 aliphatic heterocycles. The number of anilines is 1. The topological polar surface area (TPSA) is 82.0 Å².